The van der Waals surface area contributed by atoms with E-state index in [0.29, 0.717) is 0 Å². The van der Waals surface area contributed by atoms with E-state index in [9.17, 15) is 13.6 Å². The highest BCUT2D eigenvalue weighted by molar-refractivity contribution is 5.73. The van der Waals surface area contributed by atoms with Gasteiger partial charge in [-0.05, 0) is 6.42 Å². The van der Waals surface area contributed by atoms with Crippen LogP contribution in [0.5, 0.6) is 0 Å². The maximum absolute atomic E-state index is 12.2. The third kappa shape index (κ3) is 3.13. The van der Waals surface area contributed by atoms with Gasteiger partial charge >= 0.3 is 5.97 Å². The summed E-state index contributed by atoms with van der Waals surface area (Å²) >= 11 is 0. The topological polar surface area (TPSA) is 63.3 Å². The minimum absolute atomic E-state index is 0.222. The van der Waals surface area contributed by atoms with Crippen molar-refractivity contribution in [3.8, 4) is 0 Å². The predicted molar refractivity (Wildman–Crippen MR) is 40.0 cm³/mol. The highest BCUT2D eigenvalue weighted by Gasteiger charge is 2.33. The van der Waals surface area contributed by atoms with Gasteiger partial charge in [0.05, 0.1) is 0 Å². The Bertz CT molecular complexity index is 171. The SMILES string of the molecule is CC(C)(C[C@H](N)C(=O)O)C(F)F. The summed E-state index contributed by atoms with van der Waals surface area (Å²) in [5, 5.41) is 8.36. The molecule has 1 atom stereocenters. The Hall–Kier alpha value is -0.710. The molecule has 3 N–H and O–H groups in total. The molecule has 0 aliphatic rings. The van der Waals surface area contributed by atoms with Gasteiger partial charge in [-0.2, -0.15) is 0 Å². The standard InChI is InChI=1S/C7H13F2NO2/c1-7(2,6(8)9)3-4(10)5(11)12/h4,6H,3,10H2,1-2H3,(H,11,12)/t4-/m0/s1. The van der Waals surface area contributed by atoms with E-state index in [1.807, 2.05) is 0 Å². The third-order valence-corrected chi connectivity index (χ3v) is 1.65. The molecular weight excluding hydrogens is 168 g/mol. The summed E-state index contributed by atoms with van der Waals surface area (Å²) in [6, 6.07) is -1.21. The Morgan fingerprint density at radius 1 is 1.58 bits per heavy atom. The molecule has 0 aromatic rings. The van der Waals surface area contributed by atoms with Gasteiger partial charge in [0.25, 0.3) is 0 Å². The number of carboxylic acids is 1. The van der Waals surface area contributed by atoms with Gasteiger partial charge in [0, 0.05) is 5.41 Å². The summed E-state index contributed by atoms with van der Waals surface area (Å²) in [4.78, 5) is 10.2. The first-order valence-electron chi connectivity index (χ1n) is 3.54. The lowest BCUT2D eigenvalue weighted by Crippen LogP contribution is -2.37. The number of hydrogen-bond donors (Lipinski definition) is 2. The molecule has 0 amide bonds. The van der Waals surface area contributed by atoms with Gasteiger partial charge in [-0.25, -0.2) is 8.78 Å². The number of aliphatic carboxylic acids is 1. The molecule has 0 aliphatic carbocycles. The highest BCUT2D eigenvalue weighted by Crippen LogP contribution is 2.29. The maximum atomic E-state index is 12.2. The molecule has 0 heterocycles. The number of carbonyl (C=O) groups is 1. The molecule has 0 bridgehead atoms. The Labute approximate surface area is 69.6 Å². The van der Waals surface area contributed by atoms with Crippen molar-refractivity contribution in [1.82, 2.24) is 0 Å². The summed E-state index contributed by atoms with van der Waals surface area (Å²) in [6.45, 7) is 2.58. The van der Waals surface area contributed by atoms with E-state index in [-0.39, 0.29) is 6.42 Å². The zero-order valence-corrected chi connectivity index (χ0v) is 7.05. The summed E-state index contributed by atoms with van der Waals surface area (Å²) < 4.78 is 24.4. The van der Waals surface area contributed by atoms with Crippen LogP contribution in [0.4, 0.5) is 8.78 Å². The zero-order chi connectivity index (χ0) is 9.94. The summed E-state index contributed by atoms with van der Waals surface area (Å²) in [5.74, 6) is -1.25. The number of hydrogen-bond acceptors (Lipinski definition) is 2. The lowest BCUT2D eigenvalue weighted by atomic mass is 9.86. The predicted octanol–water partition coefficient (Wildman–Crippen LogP) is 1.08. The molecule has 0 radical (unpaired) electrons. The molecule has 0 saturated heterocycles. The van der Waals surface area contributed by atoms with Crippen LogP contribution in [0.2, 0.25) is 0 Å². The number of alkyl halides is 2. The van der Waals surface area contributed by atoms with E-state index in [4.69, 9.17) is 10.8 Å². The number of nitrogens with two attached hydrogens (primary N) is 1. The minimum Gasteiger partial charge on any atom is -0.480 e. The van der Waals surface area contributed by atoms with Crippen LogP contribution in [0.1, 0.15) is 20.3 Å². The average Bonchev–Trinajstić information content (AvgIpc) is 1.85. The Kier molecular flexibility index (Phi) is 3.57. The van der Waals surface area contributed by atoms with Crippen LogP contribution < -0.4 is 5.73 Å². The van der Waals surface area contributed by atoms with E-state index in [2.05, 4.69) is 0 Å². The Morgan fingerprint density at radius 3 is 2.25 bits per heavy atom. The maximum Gasteiger partial charge on any atom is 0.320 e. The first-order valence-corrected chi connectivity index (χ1v) is 3.54. The summed E-state index contributed by atoms with van der Waals surface area (Å²) in [7, 11) is 0. The average molecular weight is 181 g/mol. The van der Waals surface area contributed by atoms with Crippen molar-refractivity contribution in [3.63, 3.8) is 0 Å². The molecule has 0 rings (SSSR count). The molecule has 0 aliphatic heterocycles. The normalized spacial score (nSPS) is 14.8. The first kappa shape index (κ1) is 11.3. The van der Waals surface area contributed by atoms with Crippen LogP contribution in [0.25, 0.3) is 0 Å². The molecule has 5 heteroatoms. The Balaban J connectivity index is 4.15. The fourth-order valence-electron chi connectivity index (χ4n) is 0.743. The summed E-state index contributed by atoms with van der Waals surface area (Å²) in [6.07, 6.45) is -2.78. The van der Waals surface area contributed by atoms with Crippen LogP contribution in [0.15, 0.2) is 0 Å². The smallest absolute Gasteiger partial charge is 0.320 e. The quantitative estimate of drug-likeness (QED) is 0.682. The number of halogens is 2. The van der Waals surface area contributed by atoms with Crippen LogP contribution in [-0.2, 0) is 4.79 Å². The number of carboxylic acid groups (broad SMARTS) is 1. The largest absolute Gasteiger partial charge is 0.480 e. The van der Waals surface area contributed by atoms with Crippen molar-refractivity contribution in [3.05, 3.63) is 0 Å². The fourth-order valence-corrected chi connectivity index (χ4v) is 0.743. The van der Waals surface area contributed by atoms with Gasteiger partial charge in [0.1, 0.15) is 6.04 Å². The van der Waals surface area contributed by atoms with Crippen LogP contribution in [-0.4, -0.2) is 23.5 Å². The van der Waals surface area contributed by atoms with E-state index in [1.165, 1.54) is 13.8 Å². The molecule has 0 unspecified atom stereocenters. The first-order chi connectivity index (χ1) is 5.27. The lowest BCUT2D eigenvalue weighted by molar-refractivity contribution is -0.140. The van der Waals surface area contributed by atoms with Gasteiger partial charge in [-0.1, -0.05) is 13.8 Å². The van der Waals surface area contributed by atoms with Crippen molar-refractivity contribution in [2.75, 3.05) is 0 Å². The molecule has 0 fully saturated rings. The Morgan fingerprint density at radius 2 is 2.00 bits per heavy atom. The van der Waals surface area contributed by atoms with Crippen molar-refractivity contribution in [1.29, 1.82) is 0 Å². The van der Waals surface area contributed by atoms with Crippen LogP contribution >= 0.6 is 0 Å². The number of rotatable bonds is 4. The minimum atomic E-state index is -2.55. The van der Waals surface area contributed by atoms with Crippen molar-refractivity contribution in [2.45, 2.75) is 32.7 Å². The molecule has 12 heavy (non-hydrogen) atoms. The zero-order valence-electron chi connectivity index (χ0n) is 7.05. The second-order valence-electron chi connectivity index (χ2n) is 3.44. The molecule has 0 aromatic heterocycles. The van der Waals surface area contributed by atoms with Crippen molar-refractivity contribution < 1.29 is 18.7 Å². The third-order valence-electron chi connectivity index (χ3n) is 1.65. The molecule has 0 aromatic carbocycles. The molecule has 72 valence electrons. The molecule has 3 nitrogen and oxygen atoms in total. The van der Waals surface area contributed by atoms with Crippen molar-refractivity contribution in [2.24, 2.45) is 11.1 Å². The van der Waals surface area contributed by atoms with E-state index in [0.717, 1.165) is 0 Å². The van der Waals surface area contributed by atoms with Crippen LogP contribution in [0, 0.1) is 5.41 Å². The fraction of sp³-hybridized carbons (Fsp3) is 0.857. The van der Waals surface area contributed by atoms with Crippen molar-refractivity contribution >= 4 is 5.97 Å². The second kappa shape index (κ2) is 3.80. The highest BCUT2D eigenvalue weighted by atomic mass is 19.3. The van der Waals surface area contributed by atoms with Gasteiger partial charge in [-0.15, -0.1) is 0 Å². The molecule has 0 spiro atoms. The monoisotopic (exact) mass is 181 g/mol. The summed E-state index contributed by atoms with van der Waals surface area (Å²) in [5.41, 5.74) is 3.77. The molecular formula is C7H13F2NO2. The van der Waals surface area contributed by atoms with Gasteiger partial charge in [0.2, 0.25) is 6.43 Å². The van der Waals surface area contributed by atoms with E-state index in [1.54, 1.807) is 0 Å². The van der Waals surface area contributed by atoms with Gasteiger partial charge in [0.15, 0.2) is 0 Å². The molecule has 0 saturated carbocycles. The van der Waals surface area contributed by atoms with Gasteiger partial charge < -0.3 is 10.8 Å². The second-order valence-corrected chi connectivity index (χ2v) is 3.44. The van der Waals surface area contributed by atoms with Gasteiger partial charge in [-0.3, -0.25) is 4.79 Å². The van der Waals surface area contributed by atoms with Crippen LogP contribution in [0.3, 0.4) is 0 Å². The van der Waals surface area contributed by atoms with E-state index >= 15 is 0 Å². The van der Waals surface area contributed by atoms with E-state index < -0.39 is 23.9 Å². The lowest BCUT2D eigenvalue weighted by Gasteiger charge is -2.24.